The average molecular weight is 509 g/mol. The molecule has 2 aromatic rings. The van der Waals surface area contributed by atoms with E-state index in [0.29, 0.717) is 14.7 Å². The Morgan fingerprint density at radius 1 is 1.20 bits per heavy atom. The molecule has 0 aromatic heterocycles. The maximum absolute atomic E-state index is 12.1. The highest BCUT2D eigenvalue weighted by molar-refractivity contribution is 9.11. The molecule has 1 atom stereocenters. The standard InChI is InChI=1S/C16H16Br2NO4PS/c1-3-22-24(20,25)23-16-14(17)9-12(10-15(16)18)11-19(21-2)13-7-5-4-6-8-13/h4-11H,3H2,1-2H3. The highest BCUT2D eigenvalue weighted by atomic mass is 79.9. The number of hydrogen-bond acceptors (Lipinski definition) is 5. The van der Waals surface area contributed by atoms with E-state index in [1.807, 2.05) is 36.5 Å². The second kappa shape index (κ2) is 9.26. The van der Waals surface area contributed by atoms with Gasteiger partial charge in [-0.05, 0) is 62.7 Å². The van der Waals surface area contributed by atoms with Gasteiger partial charge < -0.3 is 13.9 Å². The van der Waals surface area contributed by atoms with Crippen molar-refractivity contribution in [3.05, 3.63) is 57.0 Å². The molecule has 0 fully saturated rings. The second-order valence-electron chi connectivity index (χ2n) is 4.74. The van der Waals surface area contributed by atoms with Gasteiger partial charge in [-0.3, -0.25) is 4.84 Å². The lowest BCUT2D eigenvalue weighted by Gasteiger charge is -2.28. The van der Waals surface area contributed by atoms with Gasteiger partial charge in [-0.15, -0.1) is 0 Å². The van der Waals surface area contributed by atoms with Crippen LogP contribution in [-0.4, -0.2) is 24.7 Å². The average Bonchev–Trinajstić information content (AvgIpc) is 2.57. The molecule has 0 bridgehead atoms. The van der Waals surface area contributed by atoms with Crippen LogP contribution in [0.2, 0.25) is 0 Å². The largest absolute Gasteiger partial charge is 0.770 e. The fraction of sp³-hybridized carbons (Fsp3) is 0.188. The highest BCUT2D eigenvalue weighted by Crippen LogP contribution is 2.46. The summed E-state index contributed by atoms with van der Waals surface area (Å²) < 4.78 is 13.2. The lowest BCUT2D eigenvalue weighted by molar-refractivity contribution is -0.716. The van der Waals surface area contributed by atoms with Gasteiger partial charge in [0.2, 0.25) is 6.21 Å². The lowest BCUT2D eigenvalue weighted by Crippen LogP contribution is -2.11. The lowest BCUT2D eigenvalue weighted by atomic mass is 10.2. The Morgan fingerprint density at radius 2 is 1.80 bits per heavy atom. The first kappa shape index (κ1) is 20.6. The van der Waals surface area contributed by atoms with Gasteiger partial charge in [-0.2, -0.15) is 0 Å². The Bertz CT molecular complexity index is 794. The summed E-state index contributed by atoms with van der Waals surface area (Å²) in [5, 5.41) is 0. The molecule has 1 unspecified atom stereocenters. The molecule has 5 nitrogen and oxygen atoms in total. The zero-order valence-corrected chi connectivity index (χ0v) is 18.4. The van der Waals surface area contributed by atoms with Crippen molar-refractivity contribution in [2.75, 3.05) is 13.7 Å². The molecular formula is C16H16Br2NO4PS. The molecule has 134 valence electrons. The monoisotopic (exact) mass is 507 g/mol. The van der Waals surface area contributed by atoms with Gasteiger partial charge >= 0.3 is 0 Å². The molecule has 0 radical (unpaired) electrons. The van der Waals surface area contributed by atoms with Gasteiger partial charge in [0.05, 0.1) is 15.6 Å². The summed E-state index contributed by atoms with van der Waals surface area (Å²) in [6.07, 6.45) is 1.81. The summed E-state index contributed by atoms with van der Waals surface area (Å²) in [7, 11) is 1.58. The zero-order valence-electron chi connectivity index (χ0n) is 13.5. The first-order valence-corrected chi connectivity index (χ1v) is 11.4. The van der Waals surface area contributed by atoms with Crippen molar-refractivity contribution in [2.24, 2.45) is 0 Å². The van der Waals surface area contributed by atoms with Crippen LogP contribution in [0.15, 0.2) is 51.4 Å². The number of halogens is 2. The van der Waals surface area contributed by atoms with Crippen LogP contribution in [0.4, 0.5) is 5.69 Å². The number of benzene rings is 2. The van der Waals surface area contributed by atoms with Crippen molar-refractivity contribution in [3.8, 4) is 5.75 Å². The molecule has 0 aliphatic rings. The molecule has 0 N–H and O–H groups in total. The van der Waals surface area contributed by atoms with Gasteiger partial charge in [-0.25, -0.2) is 0 Å². The van der Waals surface area contributed by atoms with Crippen LogP contribution in [0.25, 0.3) is 0 Å². The topological polar surface area (TPSA) is 53.8 Å². The molecule has 0 aliphatic carbocycles. The fourth-order valence-corrected chi connectivity index (χ4v) is 4.94. The normalized spacial score (nSPS) is 14.0. The van der Waals surface area contributed by atoms with Crippen molar-refractivity contribution in [1.82, 2.24) is 0 Å². The minimum Gasteiger partial charge on any atom is -0.770 e. The third kappa shape index (κ3) is 5.88. The van der Waals surface area contributed by atoms with Crippen molar-refractivity contribution in [3.63, 3.8) is 0 Å². The van der Waals surface area contributed by atoms with Crippen LogP contribution in [0.1, 0.15) is 12.5 Å². The predicted octanol–water partition coefficient (Wildman–Crippen LogP) is 4.54. The molecular weight excluding hydrogens is 493 g/mol. The van der Waals surface area contributed by atoms with Crippen molar-refractivity contribution in [2.45, 2.75) is 6.92 Å². The fourth-order valence-electron chi connectivity index (χ4n) is 1.98. The molecule has 2 aromatic carbocycles. The molecule has 2 rings (SSSR count). The Balaban J connectivity index is 2.36. The van der Waals surface area contributed by atoms with Gasteiger partial charge in [0.15, 0.2) is 12.5 Å². The van der Waals surface area contributed by atoms with Crippen molar-refractivity contribution < 1.29 is 23.5 Å². The number of rotatable bonds is 7. The Morgan fingerprint density at radius 3 is 2.32 bits per heavy atom. The van der Waals surface area contributed by atoms with E-state index in [2.05, 4.69) is 31.9 Å². The summed E-state index contributed by atoms with van der Waals surface area (Å²) in [6.45, 7) is -1.67. The van der Waals surface area contributed by atoms with Crippen molar-refractivity contribution in [1.29, 1.82) is 0 Å². The highest BCUT2D eigenvalue weighted by Gasteiger charge is 2.16. The van der Waals surface area contributed by atoms with Crippen LogP contribution in [0.3, 0.4) is 0 Å². The summed E-state index contributed by atoms with van der Waals surface area (Å²) in [6, 6.07) is 13.2. The van der Waals surface area contributed by atoms with Gasteiger partial charge in [0, 0.05) is 22.4 Å². The van der Waals surface area contributed by atoms with E-state index in [1.54, 1.807) is 30.9 Å². The molecule has 25 heavy (non-hydrogen) atoms. The number of para-hydroxylation sites is 1. The van der Waals surface area contributed by atoms with Crippen LogP contribution in [-0.2, 0) is 21.2 Å². The van der Waals surface area contributed by atoms with E-state index in [1.165, 1.54) is 0 Å². The Labute approximate surface area is 168 Å². The van der Waals surface area contributed by atoms with E-state index >= 15 is 0 Å². The predicted molar refractivity (Wildman–Crippen MR) is 107 cm³/mol. The van der Waals surface area contributed by atoms with Crippen LogP contribution < -0.4 is 9.42 Å². The van der Waals surface area contributed by atoms with Crippen LogP contribution in [0, 0.1) is 0 Å². The minimum absolute atomic E-state index is 0.210. The molecule has 0 heterocycles. The molecule has 0 saturated carbocycles. The maximum Gasteiger partial charge on any atom is 0.257 e. The number of hydrogen-bond donors (Lipinski definition) is 0. The summed E-state index contributed by atoms with van der Waals surface area (Å²) in [5.74, 6) is 0.326. The SMILES string of the molecule is CCOP([O-])(=S)Oc1c(Br)cc(C=[N+](OC)c2ccccc2)cc1Br. The van der Waals surface area contributed by atoms with Crippen LogP contribution in [0.5, 0.6) is 5.75 Å². The van der Waals surface area contributed by atoms with Crippen LogP contribution >= 0.6 is 38.6 Å². The van der Waals surface area contributed by atoms with Crippen molar-refractivity contribution >= 4 is 62.3 Å². The minimum atomic E-state index is -3.59. The molecule has 0 spiro atoms. The Kier molecular flexibility index (Phi) is 7.61. The van der Waals surface area contributed by atoms with Gasteiger partial charge in [0.25, 0.3) is 5.69 Å². The summed E-state index contributed by atoms with van der Waals surface area (Å²) in [5.41, 5.74) is 1.70. The van der Waals surface area contributed by atoms with E-state index in [9.17, 15) is 4.89 Å². The molecule has 0 aliphatic heterocycles. The second-order valence-corrected chi connectivity index (χ2v) is 9.13. The maximum atomic E-state index is 12.1. The van der Waals surface area contributed by atoms with Gasteiger partial charge in [-0.1, -0.05) is 18.2 Å². The van der Waals surface area contributed by atoms with Gasteiger partial charge in [0.1, 0.15) is 7.11 Å². The van der Waals surface area contributed by atoms with E-state index in [-0.39, 0.29) is 6.61 Å². The summed E-state index contributed by atoms with van der Waals surface area (Å²) >= 11 is 11.7. The first-order chi connectivity index (χ1) is 11.9. The third-order valence-electron chi connectivity index (χ3n) is 2.98. The Hall–Kier alpha value is -0.760. The van der Waals surface area contributed by atoms with E-state index in [0.717, 1.165) is 11.3 Å². The zero-order chi connectivity index (χ0) is 18.4. The summed E-state index contributed by atoms with van der Waals surface area (Å²) in [4.78, 5) is 17.5. The number of nitrogens with zero attached hydrogens (tertiary/aromatic N) is 1. The molecule has 0 amide bonds. The van der Waals surface area contributed by atoms with E-state index < -0.39 is 6.72 Å². The smallest absolute Gasteiger partial charge is 0.257 e. The molecule has 0 saturated heterocycles. The van der Waals surface area contributed by atoms with E-state index in [4.69, 9.17) is 25.7 Å². The third-order valence-corrected chi connectivity index (χ3v) is 5.68. The molecule has 9 heteroatoms. The first-order valence-electron chi connectivity index (χ1n) is 7.23. The quantitative estimate of drug-likeness (QED) is 0.238.